The minimum atomic E-state index is -0.512. The van der Waals surface area contributed by atoms with Crippen LogP contribution in [-0.4, -0.2) is 228 Å². The second-order valence-electron chi connectivity index (χ2n) is 12.7. The van der Waals surface area contributed by atoms with Gasteiger partial charge < -0.3 is 76.1 Å². The molecule has 17 heteroatoms. The van der Waals surface area contributed by atoms with Gasteiger partial charge in [-0.15, -0.1) is 0 Å². The van der Waals surface area contributed by atoms with Gasteiger partial charge >= 0.3 is 6.09 Å². The average Bonchev–Trinajstić information content (AvgIpc) is 3.11. The first kappa shape index (κ1) is 51.7. The van der Waals surface area contributed by atoms with Crippen molar-refractivity contribution in [3.8, 4) is 0 Å². The Bertz CT molecular complexity index is 750. The molecule has 0 spiro atoms. The Hall–Kier alpha value is -1.29. The molecular weight excluding hydrogens is 700 g/mol. The fraction of sp³-hybridized carbons (Fsp3) is 0.972. The van der Waals surface area contributed by atoms with Crippen molar-refractivity contribution in [2.24, 2.45) is 0 Å². The molecule has 0 aliphatic carbocycles. The van der Waals surface area contributed by atoms with Gasteiger partial charge in [0.05, 0.1) is 172 Å². The van der Waals surface area contributed by atoms with E-state index in [1.807, 2.05) is 34.9 Å². The van der Waals surface area contributed by atoms with Crippen LogP contribution in [0.25, 0.3) is 0 Å². The summed E-state index contributed by atoms with van der Waals surface area (Å²) in [5.41, 5.74) is -0.512. The molecule has 0 bridgehead atoms. The van der Waals surface area contributed by atoms with E-state index >= 15 is 0 Å². The normalized spacial score (nSPS) is 11.9. The first-order chi connectivity index (χ1) is 25.7. The van der Waals surface area contributed by atoms with Crippen LogP contribution < -0.4 is 0 Å². The number of carbonyl (C=O) groups is 1. The lowest BCUT2D eigenvalue weighted by Gasteiger charge is -2.24. The van der Waals surface area contributed by atoms with Crippen molar-refractivity contribution in [3.05, 3.63) is 0 Å². The standard InChI is InChI=1S/C36H74N2O15/c1-36(2,3)53-35(39)38(6)8-10-41-12-14-43-16-18-45-20-22-47-24-26-49-28-30-51-32-34-52-33-31-50-29-27-48-25-23-46-21-19-44-17-15-42-13-11-40-9-7-37(4)5/h7-34H2,1-6H3. The molecule has 0 heterocycles. The highest BCUT2D eigenvalue weighted by molar-refractivity contribution is 5.67. The lowest BCUT2D eigenvalue weighted by atomic mass is 10.2. The van der Waals surface area contributed by atoms with Crippen LogP contribution in [0.2, 0.25) is 0 Å². The van der Waals surface area contributed by atoms with Crippen molar-refractivity contribution >= 4 is 6.09 Å². The first-order valence-corrected chi connectivity index (χ1v) is 18.8. The molecule has 17 nitrogen and oxygen atoms in total. The summed E-state index contributed by atoms with van der Waals surface area (Å²) in [4.78, 5) is 15.4. The molecule has 0 aromatic heterocycles. The number of likely N-dealkylation sites (N-methyl/N-ethyl adjacent to an activating group) is 2. The molecule has 0 saturated carbocycles. The number of carbonyl (C=O) groups excluding carboxylic acids is 1. The van der Waals surface area contributed by atoms with E-state index in [0.717, 1.165) is 6.54 Å². The summed E-state index contributed by atoms with van der Waals surface area (Å²) in [5.74, 6) is 0. The van der Waals surface area contributed by atoms with Crippen LogP contribution in [0.1, 0.15) is 20.8 Å². The highest BCUT2D eigenvalue weighted by Crippen LogP contribution is 2.08. The predicted molar refractivity (Wildman–Crippen MR) is 198 cm³/mol. The van der Waals surface area contributed by atoms with Crippen LogP contribution in [0.15, 0.2) is 0 Å². The summed E-state index contributed by atoms with van der Waals surface area (Å²) in [7, 11) is 5.72. The number of hydrogen-bond donors (Lipinski definition) is 0. The molecule has 0 fully saturated rings. The van der Waals surface area contributed by atoms with Gasteiger partial charge in [0, 0.05) is 20.1 Å². The van der Waals surface area contributed by atoms with Crippen molar-refractivity contribution in [1.82, 2.24) is 9.80 Å². The molecule has 53 heavy (non-hydrogen) atoms. The van der Waals surface area contributed by atoms with E-state index in [-0.39, 0.29) is 6.09 Å². The zero-order valence-corrected chi connectivity index (χ0v) is 33.8. The minimum absolute atomic E-state index is 0.365. The third kappa shape index (κ3) is 45.0. The largest absolute Gasteiger partial charge is 0.444 e. The van der Waals surface area contributed by atoms with Crippen LogP contribution in [0.5, 0.6) is 0 Å². The molecule has 0 rings (SSSR count). The van der Waals surface area contributed by atoms with Gasteiger partial charge in [0.1, 0.15) is 5.60 Å². The van der Waals surface area contributed by atoms with Crippen molar-refractivity contribution in [1.29, 1.82) is 0 Å². The first-order valence-electron chi connectivity index (χ1n) is 18.8. The monoisotopic (exact) mass is 775 g/mol. The van der Waals surface area contributed by atoms with E-state index in [2.05, 4.69) is 4.90 Å². The second kappa shape index (κ2) is 40.4. The Morgan fingerprint density at radius 3 is 0.717 bits per heavy atom. The molecule has 318 valence electrons. The van der Waals surface area contributed by atoms with Gasteiger partial charge in [0.15, 0.2) is 0 Å². The molecule has 0 aliphatic heterocycles. The van der Waals surface area contributed by atoms with Crippen LogP contribution in [-0.2, 0) is 66.3 Å². The summed E-state index contributed by atoms with van der Waals surface area (Å²) < 4.78 is 76.5. The molecule has 0 saturated heterocycles. The van der Waals surface area contributed by atoms with Gasteiger partial charge in [0.25, 0.3) is 0 Å². The fourth-order valence-corrected chi connectivity index (χ4v) is 3.62. The molecular formula is C36H74N2O15. The summed E-state index contributed by atoms with van der Waals surface area (Å²) in [6.45, 7) is 20.1. The predicted octanol–water partition coefficient (Wildman–Crippen LogP) is 1.63. The Kier molecular flexibility index (Phi) is 39.4. The number of nitrogens with zero attached hydrogens (tertiary/aromatic N) is 2. The van der Waals surface area contributed by atoms with Crippen molar-refractivity contribution in [2.75, 3.05) is 206 Å². The van der Waals surface area contributed by atoms with E-state index in [0.29, 0.717) is 178 Å². The lowest BCUT2D eigenvalue weighted by molar-refractivity contribution is -0.0292. The smallest absolute Gasteiger partial charge is 0.410 e. The quantitative estimate of drug-likeness (QED) is 0.0826. The zero-order chi connectivity index (χ0) is 38.9. The average molecular weight is 775 g/mol. The summed E-state index contributed by atoms with van der Waals surface area (Å²) >= 11 is 0. The second-order valence-corrected chi connectivity index (χ2v) is 12.7. The Balaban J connectivity index is 3.13. The maximum atomic E-state index is 11.9. The highest BCUT2D eigenvalue weighted by Gasteiger charge is 2.19. The van der Waals surface area contributed by atoms with E-state index in [9.17, 15) is 4.79 Å². The van der Waals surface area contributed by atoms with Crippen LogP contribution in [0, 0.1) is 0 Å². The van der Waals surface area contributed by atoms with Crippen LogP contribution in [0.3, 0.4) is 0 Å². The Morgan fingerprint density at radius 1 is 0.340 bits per heavy atom. The maximum Gasteiger partial charge on any atom is 0.410 e. The van der Waals surface area contributed by atoms with Gasteiger partial charge in [-0.05, 0) is 34.9 Å². The molecule has 0 unspecified atom stereocenters. The highest BCUT2D eigenvalue weighted by atomic mass is 16.6. The summed E-state index contributed by atoms with van der Waals surface area (Å²) in [5, 5.41) is 0. The van der Waals surface area contributed by atoms with Gasteiger partial charge in [0.2, 0.25) is 0 Å². The minimum Gasteiger partial charge on any atom is -0.444 e. The molecule has 0 aliphatic rings. The fourth-order valence-electron chi connectivity index (χ4n) is 3.62. The molecule has 1 amide bonds. The zero-order valence-electron chi connectivity index (χ0n) is 33.8. The topological polar surface area (TPSA) is 153 Å². The van der Waals surface area contributed by atoms with Crippen LogP contribution >= 0.6 is 0 Å². The third-order valence-electron chi connectivity index (χ3n) is 6.42. The van der Waals surface area contributed by atoms with Crippen molar-refractivity contribution < 1.29 is 71.1 Å². The lowest BCUT2D eigenvalue weighted by Crippen LogP contribution is -2.36. The van der Waals surface area contributed by atoms with E-state index < -0.39 is 5.60 Å². The Morgan fingerprint density at radius 2 is 0.528 bits per heavy atom. The van der Waals surface area contributed by atoms with Crippen molar-refractivity contribution in [3.63, 3.8) is 0 Å². The number of rotatable bonds is 42. The van der Waals surface area contributed by atoms with Crippen molar-refractivity contribution in [2.45, 2.75) is 26.4 Å². The molecule has 0 aromatic carbocycles. The van der Waals surface area contributed by atoms with Gasteiger partial charge in [-0.1, -0.05) is 0 Å². The van der Waals surface area contributed by atoms with E-state index in [4.69, 9.17) is 66.3 Å². The van der Waals surface area contributed by atoms with Gasteiger partial charge in [-0.25, -0.2) is 4.79 Å². The molecule has 0 aromatic rings. The summed E-state index contributed by atoms with van der Waals surface area (Å²) in [6, 6.07) is 0. The Labute approximate surface area is 319 Å². The third-order valence-corrected chi connectivity index (χ3v) is 6.42. The number of amides is 1. The van der Waals surface area contributed by atoms with E-state index in [1.165, 1.54) is 4.90 Å². The van der Waals surface area contributed by atoms with Gasteiger partial charge in [-0.3, -0.25) is 0 Å². The van der Waals surface area contributed by atoms with Gasteiger partial charge in [-0.2, -0.15) is 0 Å². The summed E-state index contributed by atoms with van der Waals surface area (Å²) in [6.07, 6.45) is -0.365. The molecule has 0 atom stereocenters. The molecule has 0 radical (unpaired) electrons. The van der Waals surface area contributed by atoms with E-state index in [1.54, 1.807) is 7.05 Å². The molecule has 0 N–H and O–H groups in total. The van der Waals surface area contributed by atoms with Crippen LogP contribution in [0.4, 0.5) is 4.79 Å². The number of ether oxygens (including phenoxy) is 14. The number of hydrogen-bond acceptors (Lipinski definition) is 16. The maximum absolute atomic E-state index is 11.9. The SMILES string of the molecule is CN(C)CCOCCOCCOCCOCCOCCOCCOCCOCCOCCOCCOCCOCCOCCN(C)C(=O)OC(C)(C)C.